The van der Waals surface area contributed by atoms with Crippen molar-refractivity contribution >= 4 is 46.2 Å². The highest BCUT2D eigenvalue weighted by Crippen LogP contribution is 2.19. The predicted molar refractivity (Wildman–Crippen MR) is 59.8 cm³/mol. The second-order valence-electron chi connectivity index (χ2n) is 2.12. The topological polar surface area (TPSA) is 12.9 Å². The number of rotatable bonds is 2. The van der Waals surface area contributed by atoms with E-state index in [0.29, 0.717) is 10.9 Å². The number of nitrogens with zero attached hydrogens (tertiary/aromatic N) is 1. The molecular weight excluding hydrogens is 258 g/mol. The summed E-state index contributed by atoms with van der Waals surface area (Å²) in [5.74, 6) is 0.697. The van der Waals surface area contributed by atoms with Crippen molar-refractivity contribution in [3.63, 3.8) is 0 Å². The summed E-state index contributed by atoms with van der Waals surface area (Å²) in [7, 11) is 0. The Morgan fingerprint density at radius 2 is 2.42 bits per heavy atom. The zero-order valence-electron chi connectivity index (χ0n) is 6.17. The van der Waals surface area contributed by atoms with Gasteiger partial charge in [-0.05, 0) is 22.0 Å². The first kappa shape index (κ1) is 10.1. The molecule has 1 nitrogen and oxygen atoms in total. The molecule has 0 spiro atoms. The maximum Gasteiger partial charge on any atom is 0.136 e. The van der Waals surface area contributed by atoms with Gasteiger partial charge in [-0.3, -0.25) is 0 Å². The van der Waals surface area contributed by atoms with Crippen molar-refractivity contribution in [2.45, 2.75) is 0 Å². The van der Waals surface area contributed by atoms with Crippen LogP contribution in [0.5, 0.6) is 0 Å². The van der Waals surface area contributed by atoms with Crippen molar-refractivity contribution in [1.29, 1.82) is 0 Å². The number of hydrogen-bond donors (Lipinski definition) is 1. The average Bonchev–Trinajstić information content (AvgIpc) is 2.07. The lowest BCUT2D eigenvalue weighted by Gasteiger charge is -1.96. The first-order chi connectivity index (χ1) is 5.74. The smallest absolute Gasteiger partial charge is 0.136 e. The summed E-state index contributed by atoms with van der Waals surface area (Å²) in [6.07, 6.45) is 5.48. The molecule has 0 saturated carbocycles. The summed E-state index contributed by atoms with van der Waals surface area (Å²) < 4.78 is 0.922. The van der Waals surface area contributed by atoms with Crippen molar-refractivity contribution in [2.75, 3.05) is 5.75 Å². The molecule has 1 aromatic heterocycles. The van der Waals surface area contributed by atoms with Crippen LogP contribution in [-0.4, -0.2) is 10.7 Å². The van der Waals surface area contributed by atoms with Gasteiger partial charge in [0.05, 0.1) is 0 Å². The van der Waals surface area contributed by atoms with Gasteiger partial charge in [-0.1, -0.05) is 23.8 Å². The van der Waals surface area contributed by atoms with Crippen molar-refractivity contribution in [3.05, 3.63) is 33.5 Å². The van der Waals surface area contributed by atoms with E-state index >= 15 is 0 Å². The molecule has 0 aliphatic heterocycles. The molecule has 0 fully saturated rings. The molecule has 0 bridgehead atoms. The summed E-state index contributed by atoms with van der Waals surface area (Å²) in [6.45, 7) is 0. The Bertz CT molecular complexity index is 301. The van der Waals surface area contributed by atoms with Gasteiger partial charge in [0.1, 0.15) is 5.15 Å². The van der Waals surface area contributed by atoms with Crippen molar-refractivity contribution in [2.24, 2.45) is 0 Å². The lowest BCUT2D eigenvalue weighted by molar-refractivity contribution is 1.30. The Morgan fingerprint density at radius 1 is 1.67 bits per heavy atom. The van der Waals surface area contributed by atoms with Crippen LogP contribution in [0.3, 0.4) is 0 Å². The fourth-order valence-electron chi connectivity index (χ4n) is 0.735. The molecule has 4 heteroatoms. The maximum absolute atomic E-state index is 5.82. The molecule has 0 aliphatic rings. The second kappa shape index (κ2) is 4.90. The SMILES string of the molecule is SCC=Cc1cc(Br)cnc1Cl. The average molecular weight is 265 g/mol. The summed E-state index contributed by atoms with van der Waals surface area (Å²) in [6, 6.07) is 1.91. The van der Waals surface area contributed by atoms with Crippen LogP contribution in [0.4, 0.5) is 0 Å². The molecule has 0 atom stereocenters. The van der Waals surface area contributed by atoms with Crippen LogP contribution in [0, 0.1) is 0 Å². The first-order valence-electron chi connectivity index (χ1n) is 3.32. The number of aromatic nitrogens is 1. The van der Waals surface area contributed by atoms with Gasteiger partial charge in [0.25, 0.3) is 0 Å². The molecule has 0 amide bonds. The molecule has 0 radical (unpaired) electrons. The minimum Gasteiger partial charge on any atom is -0.243 e. The highest BCUT2D eigenvalue weighted by Gasteiger charge is 1.97. The Balaban J connectivity index is 2.97. The third-order valence-electron chi connectivity index (χ3n) is 1.24. The van der Waals surface area contributed by atoms with E-state index in [4.69, 9.17) is 11.6 Å². The minimum atomic E-state index is 0.510. The van der Waals surface area contributed by atoms with E-state index in [-0.39, 0.29) is 0 Å². The third-order valence-corrected chi connectivity index (χ3v) is 2.20. The van der Waals surface area contributed by atoms with Crippen LogP contribution in [0.15, 0.2) is 22.8 Å². The van der Waals surface area contributed by atoms with Crippen LogP contribution >= 0.6 is 40.2 Å². The second-order valence-corrected chi connectivity index (χ2v) is 3.76. The van der Waals surface area contributed by atoms with Crippen molar-refractivity contribution < 1.29 is 0 Å². The minimum absolute atomic E-state index is 0.510. The van der Waals surface area contributed by atoms with Gasteiger partial charge in [-0.2, -0.15) is 12.6 Å². The van der Waals surface area contributed by atoms with E-state index < -0.39 is 0 Å². The quantitative estimate of drug-likeness (QED) is 0.638. The van der Waals surface area contributed by atoms with E-state index in [1.165, 1.54) is 0 Å². The van der Waals surface area contributed by atoms with Gasteiger partial charge in [0.2, 0.25) is 0 Å². The summed E-state index contributed by atoms with van der Waals surface area (Å²) in [5, 5.41) is 0.510. The van der Waals surface area contributed by atoms with Crippen molar-refractivity contribution in [3.8, 4) is 0 Å². The molecular formula is C8H7BrClNS. The zero-order valence-corrected chi connectivity index (χ0v) is 9.40. The predicted octanol–water partition coefficient (Wildman–Crippen LogP) is 3.44. The number of halogens is 2. The van der Waals surface area contributed by atoms with Gasteiger partial charge in [-0.25, -0.2) is 4.98 Å². The Hall–Kier alpha value is 0.01000. The van der Waals surface area contributed by atoms with Crippen LogP contribution in [0.1, 0.15) is 5.56 Å². The van der Waals surface area contributed by atoms with Gasteiger partial charge in [0.15, 0.2) is 0 Å². The molecule has 1 aromatic rings. The summed E-state index contributed by atoms with van der Waals surface area (Å²) in [5.41, 5.74) is 0.903. The summed E-state index contributed by atoms with van der Waals surface area (Å²) >= 11 is 13.2. The van der Waals surface area contributed by atoms with Gasteiger partial charge < -0.3 is 0 Å². The third kappa shape index (κ3) is 2.81. The van der Waals surface area contributed by atoms with Crippen molar-refractivity contribution in [1.82, 2.24) is 4.98 Å². The maximum atomic E-state index is 5.82. The van der Waals surface area contributed by atoms with E-state index in [2.05, 4.69) is 33.5 Å². The normalized spacial score (nSPS) is 10.9. The lowest BCUT2D eigenvalue weighted by atomic mass is 10.3. The zero-order chi connectivity index (χ0) is 8.97. The highest BCUT2D eigenvalue weighted by atomic mass is 79.9. The largest absolute Gasteiger partial charge is 0.243 e. The first-order valence-corrected chi connectivity index (χ1v) is 5.13. The van der Waals surface area contributed by atoms with E-state index in [1.807, 2.05) is 18.2 Å². The number of pyridine rings is 1. The monoisotopic (exact) mass is 263 g/mol. The van der Waals surface area contributed by atoms with Gasteiger partial charge in [0, 0.05) is 22.0 Å². The Morgan fingerprint density at radius 3 is 3.08 bits per heavy atom. The van der Waals surface area contributed by atoms with Crippen LogP contribution in [0.25, 0.3) is 6.08 Å². The number of hydrogen-bond acceptors (Lipinski definition) is 2. The molecule has 0 aliphatic carbocycles. The van der Waals surface area contributed by atoms with Crippen LogP contribution < -0.4 is 0 Å². The molecule has 64 valence electrons. The molecule has 0 N–H and O–H groups in total. The molecule has 0 unspecified atom stereocenters. The Kier molecular flexibility index (Phi) is 4.12. The summed E-state index contributed by atoms with van der Waals surface area (Å²) in [4.78, 5) is 3.97. The fourth-order valence-corrected chi connectivity index (χ4v) is 1.36. The van der Waals surface area contributed by atoms with E-state index in [0.717, 1.165) is 10.0 Å². The molecule has 1 rings (SSSR count). The number of thiol groups is 1. The van der Waals surface area contributed by atoms with Gasteiger partial charge >= 0.3 is 0 Å². The van der Waals surface area contributed by atoms with Crippen LogP contribution in [0.2, 0.25) is 5.15 Å². The van der Waals surface area contributed by atoms with E-state index in [1.54, 1.807) is 6.20 Å². The standard InChI is InChI=1S/C8H7BrClNS/c9-7-4-6(2-1-3-12)8(10)11-5-7/h1-2,4-5,12H,3H2. The van der Waals surface area contributed by atoms with Crippen LogP contribution in [-0.2, 0) is 0 Å². The fraction of sp³-hybridized carbons (Fsp3) is 0.125. The Labute approximate surface area is 90.4 Å². The molecule has 0 saturated heterocycles. The molecule has 0 aromatic carbocycles. The van der Waals surface area contributed by atoms with E-state index in [9.17, 15) is 0 Å². The molecule has 1 heterocycles. The van der Waals surface area contributed by atoms with Gasteiger partial charge in [-0.15, -0.1) is 0 Å². The highest BCUT2D eigenvalue weighted by molar-refractivity contribution is 9.10. The molecule has 12 heavy (non-hydrogen) atoms. The lowest BCUT2D eigenvalue weighted by Crippen LogP contribution is -1.80.